The molecule has 1 aliphatic rings. The van der Waals surface area contributed by atoms with Gasteiger partial charge in [-0.15, -0.1) is 0 Å². The molecule has 1 rings (SSSR count). The minimum Gasteiger partial charge on any atom is -0.379 e. The van der Waals surface area contributed by atoms with Crippen molar-refractivity contribution in [1.82, 2.24) is 4.90 Å². The molecular formula is C13H29NO2Si. The zero-order valence-corrected chi connectivity index (χ0v) is 14.1. The van der Waals surface area contributed by atoms with E-state index >= 15 is 0 Å². The molecule has 0 aromatic carbocycles. The van der Waals surface area contributed by atoms with Gasteiger partial charge < -0.3 is 9.47 Å². The third-order valence-electron chi connectivity index (χ3n) is 3.58. The molecule has 0 bridgehead atoms. The molecular weight excluding hydrogens is 230 g/mol. The van der Waals surface area contributed by atoms with Crippen LogP contribution in [0, 0.1) is 0 Å². The zero-order valence-electron chi connectivity index (χ0n) is 12.1. The summed E-state index contributed by atoms with van der Waals surface area (Å²) >= 11 is 0. The van der Waals surface area contributed by atoms with Gasteiger partial charge in [0, 0.05) is 42.6 Å². The summed E-state index contributed by atoms with van der Waals surface area (Å²) in [7, 11) is 1.22. The minimum atomic E-state index is 0.352. The summed E-state index contributed by atoms with van der Waals surface area (Å²) in [6.07, 6.45) is 1.86. The maximum absolute atomic E-state index is 5.82. The van der Waals surface area contributed by atoms with Crippen LogP contribution >= 0.6 is 0 Å². The highest BCUT2D eigenvalue weighted by Crippen LogP contribution is 2.20. The molecule has 4 heteroatoms. The van der Waals surface area contributed by atoms with Gasteiger partial charge >= 0.3 is 0 Å². The maximum atomic E-state index is 5.82. The molecule has 3 atom stereocenters. The predicted octanol–water partition coefficient (Wildman–Crippen LogP) is 1.06. The monoisotopic (exact) mass is 259 g/mol. The molecule has 0 amide bonds. The SMILES string of the molecule is CC(C)OCCCN1C[C@H](C)OCC([SiH3])[C@@H]1C. The Kier molecular flexibility index (Phi) is 6.70. The topological polar surface area (TPSA) is 21.7 Å². The van der Waals surface area contributed by atoms with E-state index in [1.165, 1.54) is 10.2 Å². The lowest BCUT2D eigenvalue weighted by Crippen LogP contribution is -2.39. The normalized spacial score (nSPS) is 31.9. The molecule has 1 unspecified atom stereocenters. The smallest absolute Gasteiger partial charge is 0.0673 e. The van der Waals surface area contributed by atoms with Crippen molar-refractivity contribution < 1.29 is 9.47 Å². The molecule has 0 radical (unpaired) electrons. The van der Waals surface area contributed by atoms with Crippen LogP contribution in [0.3, 0.4) is 0 Å². The van der Waals surface area contributed by atoms with Gasteiger partial charge in [-0.3, -0.25) is 4.90 Å². The summed E-state index contributed by atoms with van der Waals surface area (Å²) in [5, 5.41) is 0. The van der Waals surface area contributed by atoms with Crippen LogP contribution in [0.2, 0.25) is 5.54 Å². The highest BCUT2D eigenvalue weighted by atomic mass is 28.1. The minimum absolute atomic E-state index is 0.352. The Morgan fingerprint density at radius 3 is 2.76 bits per heavy atom. The number of rotatable bonds is 5. The molecule has 17 heavy (non-hydrogen) atoms. The van der Waals surface area contributed by atoms with E-state index in [9.17, 15) is 0 Å². The Balaban J connectivity index is 2.33. The summed E-state index contributed by atoms with van der Waals surface area (Å²) in [6, 6.07) is 0.672. The van der Waals surface area contributed by atoms with Gasteiger partial charge in [-0.25, -0.2) is 0 Å². The third-order valence-corrected chi connectivity index (χ3v) is 4.87. The Labute approximate surface area is 109 Å². The van der Waals surface area contributed by atoms with Gasteiger partial charge in [-0.2, -0.15) is 0 Å². The average molecular weight is 259 g/mol. The molecule has 0 N–H and O–H groups in total. The van der Waals surface area contributed by atoms with Gasteiger partial charge in [-0.1, -0.05) is 0 Å². The summed E-state index contributed by atoms with van der Waals surface area (Å²) in [5.41, 5.74) is 0.756. The largest absolute Gasteiger partial charge is 0.379 e. The first-order chi connectivity index (χ1) is 8.00. The second-order valence-electron chi connectivity index (χ2n) is 5.63. The summed E-state index contributed by atoms with van der Waals surface area (Å²) in [5.74, 6) is 0. The summed E-state index contributed by atoms with van der Waals surface area (Å²) < 4.78 is 11.4. The fourth-order valence-electron chi connectivity index (χ4n) is 2.25. The van der Waals surface area contributed by atoms with Crippen LogP contribution in [0.5, 0.6) is 0 Å². The van der Waals surface area contributed by atoms with Crippen molar-refractivity contribution in [2.45, 2.75) is 57.9 Å². The van der Waals surface area contributed by atoms with Crippen LogP contribution in [0.4, 0.5) is 0 Å². The quantitative estimate of drug-likeness (QED) is 0.544. The van der Waals surface area contributed by atoms with Gasteiger partial charge in [0.05, 0.1) is 12.2 Å². The van der Waals surface area contributed by atoms with Crippen LogP contribution < -0.4 is 0 Å². The average Bonchev–Trinajstić information content (AvgIpc) is 2.38. The number of nitrogens with zero attached hydrogens (tertiary/aromatic N) is 1. The zero-order chi connectivity index (χ0) is 12.8. The number of ether oxygens (including phenoxy) is 2. The number of hydrogen-bond acceptors (Lipinski definition) is 3. The molecule has 0 aromatic heterocycles. The first kappa shape index (κ1) is 15.2. The van der Waals surface area contributed by atoms with E-state index < -0.39 is 0 Å². The van der Waals surface area contributed by atoms with Crippen LogP contribution in [0.25, 0.3) is 0 Å². The van der Waals surface area contributed by atoms with E-state index in [2.05, 4.69) is 32.6 Å². The van der Waals surface area contributed by atoms with Crippen molar-refractivity contribution in [3.05, 3.63) is 0 Å². The number of hydrogen-bond donors (Lipinski definition) is 0. The highest BCUT2D eigenvalue weighted by molar-refractivity contribution is 6.12. The van der Waals surface area contributed by atoms with Crippen molar-refractivity contribution in [3.8, 4) is 0 Å². The van der Waals surface area contributed by atoms with E-state index in [1.807, 2.05) is 0 Å². The van der Waals surface area contributed by atoms with E-state index in [4.69, 9.17) is 9.47 Å². The fourth-order valence-corrected chi connectivity index (χ4v) is 2.86. The van der Waals surface area contributed by atoms with Crippen LogP contribution in [0.15, 0.2) is 0 Å². The Morgan fingerprint density at radius 2 is 2.12 bits per heavy atom. The van der Waals surface area contributed by atoms with E-state index in [1.54, 1.807) is 0 Å². The molecule has 0 aliphatic carbocycles. The molecule has 3 nitrogen and oxygen atoms in total. The first-order valence-electron chi connectivity index (χ1n) is 6.98. The van der Waals surface area contributed by atoms with Gasteiger partial charge in [-0.05, 0) is 39.7 Å². The Hall–Kier alpha value is 0.0969. The van der Waals surface area contributed by atoms with Crippen molar-refractivity contribution in [3.63, 3.8) is 0 Å². The van der Waals surface area contributed by atoms with Crippen molar-refractivity contribution in [2.24, 2.45) is 0 Å². The third kappa shape index (κ3) is 5.51. The van der Waals surface area contributed by atoms with Gasteiger partial charge in [0.1, 0.15) is 0 Å². The second kappa shape index (κ2) is 7.51. The highest BCUT2D eigenvalue weighted by Gasteiger charge is 2.25. The van der Waals surface area contributed by atoms with Crippen molar-refractivity contribution in [1.29, 1.82) is 0 Å². The second-order valence-corrected chi connectivity index (χ2v) is 7.11. The molecule has 0 saturated carbocycles. The van der Waals surface area contributed by atoms with Gasteiger partial charge in [0.2, 0.25) is 0 Å². The first-order valence-corrected chi connectivity index (χ1v) is 8.13. The van der Waals surface area contributed by atoms with Crippen molar-refractivity contribution in [2.75, 3.05) is 26.3 Å². The van der Waals surface area contributed by atoms with Crippen LogP contribution in [-0.4, -0.2) is 59.7 Å². The Morgan fingerprint density at radius 1 is 1.41 bits per heavy atom. The predicted molar refractivity (Wildman–Crippen MR) is 75.8 cm³/mol. The molecule has 1 aliphatic heterocycles. The molecule has 1 fully saturated rings. The molecule has 102 valence electrons. The van der Waals surface area contributed by atoms with Gasteiger partial charge in [0.15, 0.2) is 0 Å². The lowest BCUT2D eigenvalue weighted by atomic mass is 10.2. The fraction of sp³-hybridized carbons (Fsp3) is 1.00. The standard InChI is InChI=1S/C13H29NO2Si/c1-10(2)15-7-5-6-14-8-11(3)16-9-13(17)12(14)4/h10-13H,5-9H2,1-4,17H3/t11-,12-,13?/m0/s1. The van der Waals surface area contributed by atoms with Crippen molar-refractivity contribution >= 4 is 10.2 Å². The van der Waals surface area contributed by atoms with Crippen LogP contribution in [0.1, 0.15) is 34.1 Å². The van der Waals surface area contributed by atoms with E-state index in [0.717, 1.165) is 38.3 Å². The summed E-state index contributed by atoms with van der Waals surface area (Å²) in [4.78, 5) is 2.58. The summed E-state index contributed by atoms with van der Waals surface area (Å²) in [6.45, 7) is 12.8. The van der Waals surface area contributed by atoms with Crippen LogP contribution in [-0.2, 0) is 9.47 Å². The van der Waals surface area contributed by atoms with Gasteiger partial charge in [0.25, 0.3) is 0 Å². The molecule has 0 aromatic rings. The Bertz CT molecular complexity index is 214. The van der Waals surface area contributed by atoms with E-state index in [-0.39, 0.29) is 0 Å². The molecule has 0 spiro atoms. The lowest BCUT2D eigenvalue weighted by molar-refractivity contribution is 0.0546. The lowest BCUT2D eigenvalue weighted by Gasteiger charge is -2.30. The molecule has 1 heterocycles. The molecule has 1 saturated heterocycles. The van der Waals surface area contributed by atoms with E-state index in [0.29, 0.717) is 18.2 Å². The maximum Gasteiger partial charge on any atom is 0.0673 e.